The highest BCUT2D eigenvalue weighted by atomic mass is 16.3. The molecular weight excluding hydrogens is 322 g/mol. The zero-order valence-electron chi connectivity index (χ0n) is 14.5. The van der Waals surface area contributed by atoms with Crippen molar-refractivity contribution in [3.05, 3.63) is 102 Å². The van der Waals surface area contributed by atoms with Gasteiger partial charge in [0.2, 0.25) is 0 Å². The summed E-state index contributed by atoms with van der Waals surface area (Å²) < 4.78 is 0. The SMILES string of the molecule is O=C1CC(c2ccccc2)C(c2ccccn2)C(O)(c2ccccc2)C1. The molecule has 0 radical (unpaired) electrons. The number of pyridine rings is 1. The van der Waals surface area contributed by atoms with Crippen LogP contribution < -0.4 is 0 Å². The van der Waals surface area contributed by atoms with E-state index in [9.17, 15) is 9.90 Å². The first-order valence-electron chi connectivity index (χ1n) is 8.94. The molecule has 1 fully saturated rings. The fourth-order valence-electron chi connectivity index (χ4n) is 4.21. The maximum atomic E-state index is 12.6. The van der Waals surface area contributed by atoms with Crippen molar-refractivity contribution >= 4 is 5.78 Å². The minimum Gasteiger partial charge on any atom is -0.384 e. The first-order valence-corrected chi connectivity index (χ1v) is 8.94. The van der Waals surface area contributed by atoms with Crippen molar-refractivity contribution < 1.29 is 9.90 Å². The van der Waals surface area contributed by atoms with E-state index in [1.807, 2.05) is 78.9 Å². The number of carbonyl (C=O) groups excluding carboxylic acids is 1. The number of benzene rings is 2. The van der Waals surface area contributed by atoms with E-state index < -0.39 is 5.60 Å². The van der Waals surface area contributed by atoms with E-state index in [1.165, 1.54) is 0 Å². The maximum Gasteiger partial charge on any atom is 0.136 e. The summed E-state index contributed by atoms with van der Waals surface area (Å²) in [7, 11) is 0. The molecule has 1 N–H and O–H groups in total. The van der Waals surface area contributed by atoms with Crippen LogP contribution in [0.1, 0.15) is 41.5 Å². The number of nitrogens with zero attached hydrogens (tertiary/aromatic N) is 1. The molecule has 3 aromatic rings. The number of ketones is 1. The predicted octanol–water partition coefficient (Wildman–Crippen LogP) is 4.20. The molecule has 3 heteroatoms. The van der Waals surface area contributed by atoms with Gasteiger partial charge < -0.3 is 5.11 Å². The zero-order chi connectivity index (χ0) is 18.0. The topological polar surface area (TPSA) is 50.2 Å². The molecule has 0 saturated heterocycles. The van der Waals surface area contributed by atoms with Crippen LogP contribution in [0.3, 0.4) is 0 Å². The monoisotopic (exact) mass is 343 g/mol. The van der Waals surface area contributed by atoms with Crippen molar-refractivity contribution in [2.24, 2.45) is 0 Å². The molecule has 3 atom stereocenters. The van der Waals surface area contributed by atoms with Crippen LogP contribution in [-0.2, 0) is 10.4 Å². The van der Waals surface area contributed by atoms with Gasteiger partial charge >= 0.3 is 0 Å². The van der Waals surface area contributed by atoms with Crippen molar-refractivity contribution in [3.8, 4) is 0 Å². The summed E-state index contributed by atoms with van der Waals surface area (Å²) >= 11 is 0. The second-order valence-corrected chi connectivity index (χ2v) is 6.96. The maximum absolute atomic E-state index is 12.6. The lowest BCUT2D eigenvalue weighted by atomic mass is 9.62. The third-order valence-electron chi connectivity index (χ3n) is 5.34. The van der Waals surface area contributed by atoms with E-state index in [2.05, 4.69) is 4.98 Å². The highest BCUT2D eigenvalue weighted by Gasteiger charge is 2.50. The van der Waals surface area contributed by atoms with Gasteiger partial charge in [-0.3, -0.25) is 9.78 Å². The molecule has 0 amide bonds. The molecule has 3 nitrogen and oxygen atoms in total. The predicted molar refractivity (Wildman–Crippen MR) is 101 cm³/mol. The van der Waals surface area contributed by atoms with Crippen LogP contribution in [0.5, 0.6) is 0 Å². The third-order valence-corrected chi connectivity index (χ3v) is 5.34. The van der Waals surface area contributed by atoms with Crippen molar-refractivity contribution in [2.75, 3.05) is 0 Å². The van der Waals surface area contributed by atoms with Gasteiger partial charge in [0.05, 0.1) is 0 Å². The van der Waals surface area contributed by atoms with Crippen LogP contribution in [-0.4, -0.2) is 15.9 Å². The van der Waals surface area contributed by atoms with Gasteiger partial charge in [-0.1, -0.05) is 66.7 Å². The van der Waals surface area contributed by atoms with Crippen LogP contribution >= 0.6 is 0 Å². The van der Waals surface area contributed by atoms with Crippen LogP contribution in [0.2, 0.25) is 0 Å². The summed E-state index contributed by atoms with van der Waals surface area (Å²) in [5, 5.41) is 11.8. The summed E-state index contributed by atoms with van der Waals surface area (Å²) in [5.74, 6) is -0.318. The quantitative estimate of drug-likeness (QED) is 0.775. The Morgan fingerprint density at radius 1 is 0.885 bits per heavy atom. The van der Waals surface area contributed by atoms with Gasteiger partial charge in [-0.2, -0.15) is 0 Å². The molecule has 4 rings (SSSR count). The fraction of sp³-hybridized carbons (Fsp3) is 0.217. The summed E-state index contributed by atoms with van der Waals surface area (Å²) in [5.41, 5.74) is 1.38. The first kappa shape index (κ1) is 16.7. The number of carbonyl (C=O) groups is 1. The van der Waals surface area contributed by atoms with Gasteiger partial charge in [0.1, 0.15) is 11.4 Å². The first-order chi connectivity index (χ1) is 12.7. The highest BCUT2D eigenvalue weighted by Crippen LogP contribution is 2.52. The molecule has 130 valence electrons. The molecule has 0 aliphatic heterocycles. The lowest BCUT2D eigenvalue weighted by Crippen LogP contribution is -2.44. The third kappa shape index (κ3) is 2.95. The Bertz CT molecular complexity index is 880. The van der Waals surface area contributed by atoms with E-state index in [-0.39, 0.29) is 24.0 Å². The second-order valence-electron chi connectivity index (χ2n) is 6.96. The average Bonchev–Trinajstić information content (AvgIpc) is 2.69. The number of hydrogen-bond acceptors (Lipinski definition) is 3. The van der Waals surface area contributed by atoms with Crippen molar-refractivity contribution in [2.45, 2.75) is 30.3 Å². The van der Waals surface area contributed by atoms with Gasteiger partial charge in [-0.05, 0) is 23.3 Å². The van der Waals surface area contributed by atoms with Crippen LogP contribution in [0, 0.1) is 0 Å². The normalized spacial score (nSPS) is 25.8. The molecule has 1 aliphatic carbocycles. The summed E-state index contributed by atoms with van der Waals surface area (Å²) in [6.45, 7) is 0. The minimum absolute atomic E-state index is 0.0809. The molecule has 1 saturated carbocycles. The molecule has 3 unspecified atom stereocenters. The Balaban J connectivity index is 1.90. The van der Waals surface area contributed by atoms with Gasteiger partial charge in [0.25, 0.3) is 0 Å². The van der Waals surface area contributed by atoms with Crippen LogP contribution in [0.4, 0.5) is 0 Å². The van der Waals surface area contributed by atoms with E-state index in [4.69, 9.17) is 0 Å². The van der Waals surface area contributed by atoms with Gasteiger partial charge in [0, 0.05) is 36.6 Å². The van der Waals surface area contributed by atoms with E-state index in [0.717, 1.165) is 16.8 Å². The lowest BCUT2D eigenvalue weighted by Gasteiger charge is -2.44. The molecular formula is C23H21NO2. The van der Waals surface area contributed by atoms with Gasteiger partial charge in [-0.25, -0.2) is 0 Å². The molecule has 2 aromatic carbocycles. The summed E-state index contributed by atoms with van der Waals surface area (Å²) in [6.07, 6.45) is 2.28. The highest BCUT2D eigenvalue weighted by molar-refractivity contribution is 5.82. The van der Waals surface area contributed by atoms with Gasteiger partial charge in [0.15, 0.2) is 0 Å². The largest absolute Gasteiger partial charge is 0.384 e. The van der Waals surface area contributed by atoms with E-state index in [1.54, 1.807) is 6.20 Å². The molecule has 0 bridgehead atoms. The van der Waals surface area contributed by atoms with Crippen molar-refractivity contribution in [3.63, 3.8) is 0 Å². The lowest BCUT2D eigenvalue weighted by molar-refractivity contribution is -0.132. The van der Waals surface area contributed by atoms with E-state index in [0.29, 0.717) is 6.42 Å². The van der Waals surface area contributed by atoms with E-state index >= 15 is 0 Å². The molecule has 1 heterocycles. The fourth-order valence-corrected chi connectivity index (χ4v) is 4.21. The Morgan fingerprint density at radius 3 is 2.19 bits per heavy atom. The average molecular weight is 343 g/mol. The summed E-state index contributed by atoms with van der Waals surface area (Å²) in [6, 6.07) is 25.3. The molecule has 1 aliphatic rings. The molecule has 26 heavy (non-hydrogen) atoms. The van der Waals surface area contributed by atoms with Crippen molar-refractivity contribution in [1.82, 2.24) is 4.98 Å². The number of rotatable bonds is 3. The standard InChI is InChI=1S/C23H21NO2/c25-19-15-20(17-9-3-1-4-10-17)22(21-13-7-8-14-24-21)23(26,16-19)18-11-5-2-6-12-18/h1-14,20,22,26H,15-16H2. The zero-order valence-corrected chi connectivity index (χ0v) is 14.5. The Morgan fingerprint density at radius 2 is 1.54 bits per heavy atom. The number of hydrogen-bond donors (Lipinski definition) is 1. The van der Waals surface area contributed by atoms with Gasteiger partial charge in [-0.15, -0.1) is 0 Å². The number of aromatic nitrogens is 1. The summed E-state index contributed by atoms with van der Waals surface area (Å²) in [4.78, 5) is 17.2. The Hall–Kier alpha value is -2.78. The van der Waals surface area contributed by atoms with Crippen LogP contribution in [0.15, 0.2) is 85.1 Å². The number of Topliss-reactive ketones (excluding diaryl/α,β-unsaturated/α-hetero) is 1. The second kappa shape index (κ2) is 6.85. The molecule has 1 aromatic heterocycles. The molecule has 0 spiro atoms. The Labute approximate surface area is 153 Å². The minimum atomic E-state index is -1.27. The smallest absolute Gasteiger partial charge is 0.136 e. The Kier molecular flexibility index (Phi) is 4.39. The van der Waals surface area contributed by atoms with Crippen molar-refractivity contribution in [1.29, 1.82) is 0 Å². The van der Waals surface area contributed by atoms with Crippen LogP contribution in [0.25, 0.3) is 0 Å². The number of aliphatic hydroxyl groups is 1.